The maximum atomic E-state index is 12.7. The minimum Gasteiger partial charge on any atom is -0.483 e. The summed E-state index contributed by atoms with van der Waals surface area (Å²) in [6.45, 7) is 6.59. The lowest BCUT2D eigenvalue weighted by atomic mass is 10.0. The van der Waals surface area contributed by atoms with Gasteiger partial charge in [-0.2, -0.15) is 0 Å². The van der Waals surface area contributed by atoms with Gasteiger partial charge in [-0.3, -0.25) is 4.79 Å². The quantitative estimate of drug-likeness (QED) is 0.755. The summed E-state index contributed by atoms with van der Waals surface area (Å²) in [4.78, 5) is 26.4. The first-order valence-electron chi connectivity index (χ1n) is 9.31. The molecule has 142 valence electrons. The van der Waals surface area contributed by atoms with E-state index >= 15 is 0 Å². The zero-order chi connectivity index (χ0) is 18.7. The molecule has 0 spiro atoms. The number of hydrogen-bond acceptors (Lipinski definition) is 5. The number of amides is 1. The number of nitrogens with zero attached hydrogens (tertiary/aromatic N) is 1. The SMILES string of the molecule is CCOC(=O)C1CCCCN1C(=O)COc1cccc2c1OC(C)(C)C2. The van der Waals surface area contributed by atoms with Crippen LogP contribution in [-0.4, -0.2) is 48.2 Å². The molecule has 2 aliphatic heterocycles. The van der Waals surface area contributed by atoms with E-state index in [-0.39, 0.29) is 24.1 Å². The van der Waals surface area contributed by atoms with Crippen LogP contribution in [0.4, 0.5) is 0 Å². The third-order valence-electron chi connectivity index (χ3n) is 4.79. The molecule has 3 rings (SSSR count). The van der Waals surface area contributed by atoms with Crippen molar-refractivity contribution in [1.29, 1.82) is 0 Å². The van der Waals surface area contributed by atoms with Crippen molar-refractivity contribution >= 4 is 11.9 Å². The second kappa shape index (κ2) is 7.56. The standard InChI is InChI=1S/C20H27NO5/c1-4-24-19(23)15-9-5-6-11-21(15)17(22)13-25-16-10-7-8-14-12-20(2,3)26-18(14)16/h7-8,10,15H,4-6,9,11-13H2,1-3H3. The molecular weight excluding hydrogens is 334 g/mol. The van der Waals surface area contributed by atoms with Crippen LogP contribution in [0, 0.1) is 0 Å². The van der Waals surface area contributed by atoms with Crippen molar-refractivity contribution in [2.75, 3.05) is 19.8 Å². The van der Waals surface area contributed by atoms with Gasteiger partial charge in [0.15, 0.2) is 18.1 Å². The van der Waals surface area contributed by atoms with E-state index in [1.54, 1.807) is 11.8 Å². The van der Waals surface area contributed by atoms with E-state index in [9.17, 15) is 9.59 Å². The Morgan fingerprint density at radius 2 is 2.12 bits per heavy atom. The van der Waals surface area contributed by atoms with E-state index in [0.29, 0.717) is 31.1 Å². The molecule has 1 aromatic rings. The first-order chi connectivity index (χ1) is 12.4. The van der Waals surface area contributed by atoms with Crippen molar-refractivity contribution in [2.45, 2.75) is 58.1 Å². The number of likely N-dealkylation sites (tertiary alicyclic amines) is 1. The van der Waals surface area contributed by atoms with Crippen LogP contribution in [0.5, 0.6) is 11.5 Å². The summed E-state index contributed by atoms with van der Waals surface area (Å²) < 4.78 is 16.9. The number of fused-ring (bicyclic) bond motifs is 1. The van der Waals surface area contributed by atoms with Crippen LogP contribution >= 0.6 is 0 Å². The van der Waals surface area contributed by atoms with Crippen LogP contribution in [0.3, 0.4) is 0 Å². The topological polar surface area (TPSA) is 65.1 Å². The summed E-state index contributed by atoms with van der Waals surface area (Å²) in [5, 5.41) is 0. The van der Waals surface area contributed by atoms with Gasteiger partial charge in [-0.25, -0.2) is 4.79 Å². The Bertz CT molecular complexity index is 685. The minimum absolute atomic E-state index is 0.115. The third kappa shape index (κ3) is 3.94. The van der Waals surface area contributed by atoms with Gasteiger partial charge < -0.3 is 19.1 Å². The molecule has 0 radical (unpaired) electrons. The van der Waals surface area contributed by atoms with E-state index < -0.39 is 6.04 Å². The lowest BCUT2D eigenvalue weighted by molar-refractivity contribution is -0.157. The largest absolute Gasteiger partial charge is 0.483 e. The second-order valence-corrected chi connectivity index (χ2v) is 7.42. The molecule has 1 fully saturated rings. The average molecular weight is 361 g/mol. The third-order valence-corrected chi connectivity index (χ3v) is 4.79. The van der Waals surface area contributed by atoms with Gasteiger partial charge in [0.1, 0.15) is 11.6 Å². The molecule has 6 nitrogen and oxygen atoms in total. The Hall–Kier alpha value is -2.24. The normalized spacial score (nSPS) is 20.9. The van der Waals surface area contributed by atoms with Gasteiger partial charge in [0.25, 0.3) is 5.91 Å². The fourth-order valence-electron chi connectivity index (χ4n) is 3.64. The highest BCUT2D eigenvalue weighted by molar-refractivity contribution is 5.85. The predicted molar refractivity (Wildman–Crippen MR) is 96.3 cm³/mol. The number of carbonyl (C=O) groups excluding carboxylic acids is 2. The highest BCUT2D eigenvalue weighted by atomic mass is 16.5. The Kier molecular flexibility index (Phi) is 5.39. The van der Waals surface area contributed by atoms with Gasteiger partial charge in [-0.1, -0.05) is 12.1 Å². The maximum Gasteiger partial charge on any atom is 0.328 e. The Labute approximate surface area is 154 Å². The molecule has 1 aromatic carbocycles. The Morgan fingerprint density at radius 1 is 1.31 bits per heavy atom. The zero-order valence-electron chi connectivity index (χ0n) is 15.7. The molecule has 2 aliphatic rings. The number of ether oxygens (including phenoxy) is 3. The Morgan fingerprint density at radius 3 is 2.88 bits per heavy atom. The van der Waals surface area contributed by atoms with Crippen LogP contribution in [0.2, 0.25) is 0 Å². The lowest BCUT2D eigenvalue weighted by Crippen LogP contribution is -2.50. The zero-order valence-corrected chi connectivity index (χ0v) is 15.7. The van der Waals surface area contributed by atoms with Crippen molar-refractivity contribution < 1.29 is 23.8 Å². The van der Waals surface area contributed by atoms with E-state index in [2.05, 4.69) is 0 Å². The summed E-state index contributed by atoms with van der Waals surface area (Å²) in [5.74, 6) is 0.765. The fourth-order valence-corrected chi connectivity index (χ4v) is 3.64. The van der Waals surface area contributed by atoms with Crippen LogP contribution < -0.4 is 9.47 Å². The molecule has 0 N–H and O–H groups in total. The molecule has 1 amide bonds. The van der Waals surface area contributed by atoms with Crippen LogP contribution in [0.15, 0.2) is 18.2 Å². The van der Waals surface area contributed by atoms with E-state index in [1.165, 1.54) is 0 Å². The predicted octanol–water partition coefficient (Wildman–Crippen LogP) is 2.72. The first kappa shape index (κ1) is 18.5. The molecule has 0 aliphatic carbocycles. The number of para-hydroxylation sites is 1. The van der Waals surface area contributed by atoms with Crippen LogP contribution in [0.1, 0.15) is 45.6 Å². The average Bonchev–Trinajstić information content (AvgIpc) is 2.94. The number of esters is 1. The molecule has 6 heteroatoms. The molecule has 1 atom stereocenters. The molecule has 1 saturated heterocycles. The molecular formula is C20H27NO5. The number of benzene rings is 1. The monoisotopic (exact) mass is 361 g/mol. The van der Waals surface area contributed by atoms with Crippen molar-refractivity contribution in [1.82, 2.24) is 4.90 Å². The van der Waals surface area contributed by atoms with Gasteiger partial charge in [0, 0.05) is 18.5 Å². The molecule has 1 unspecified atom stereocenters. The minimum atomic E-state index is -0.503. The van der Waals surface area contributed by atoms with Gasteiger partial charge in [0.2, 0.25) is 0 Å². The van der Waals surface area contributed by atoms with Gasteiger partial charge in [0.05, 0.1) is 6.61 Å². The van der Waals surface area contributed by atoms with Crippen molar-refractivity contribution in [3.8, 4) is 11.5 Å². The number of piperidine rings is 1. The highest BCUT2D eigenvalue weighted by Crippen LogP contribution is 2.41. The summed E-state index contributed by atoms with van der Waals surface area (Å²) in [6, 6.07) is 5.23. The molecule has 26 heavy (non-hydrogen) atoms. The fraction of sp³-hybridized carbons (Fsp3) is 0.600. The highest BCUT2D eigenvalue weighted by Gasteiger charge is 2.35. The number of rotatable bonds is 5. The molecule has 2 heterocycles. The van der Waals surface area contributed by atoms with Crippen LogP contribution in [0.25, 0.3) is 0 Å². The van der Waals surface area contributed by atoms with Crippen molar-refractivity contribution in [3.05, 3.63) is 23.8 Å². The smallest absolute Gasteiger partial charge is 0.328 e. The van der Waals surface area contributed by atoms with Gasteiger partial charge in [-0.15, -0.1) is 0 Å². The Balaban J connectivity index is 1.66. The summed E-state index contributed by atoms with van der Waals surface area (Å²) in [6.07, 6.45) is 3.26. The molecule has 0 saturated carbocycles. The second-order valence-electron chi connectivity index (χ2n) is 7.42. The molecule has 0 bridgehead atoms. The van der Waals surface area contributed by atoms with Gasteiger partial charge >= 0.3 is 5.97 Å². The molecule has 0 aromatic heterocycles. The number of hydrogen-bond donors (Lipinski definition) is 0. The van der Waals surface area contributed by atoms with Crippen LogP contribution in [-0.2, 0) is 20.7 Å². The summed E-state index contributed by atoms with van der Waals surface area (Å²) in [5.41, 5.74) is 0.815. The maximum absolute atomic E-state index is 12.7. The summed E-state index contributed by atoms with van der Waals surface area (Å²) in [7, 11) is 0. The van der Waals surface area contributed by atoms with E-state index in [1.807, 2.05) is 32.0 Å². The van der Waals surface area contributed by atoms with E-state index in [4.69, 9.17) is 14.2 Å². The van der Waals surface area contributed by atoms with Crippen molar-refractivity contribution in [3.63, 3.8) is 0 Å². The first-order valence-corrected chi connectivity index (χ1v) is 9.31. The van der Waals surface area contributed by atoms with Gasteiger partial charge in [-0.05, 0) is 46.1 Å². The number of carbonyl (C=O) groups is 2. The lowest BCUT2D eigenvalue weighted by Gasteiger charge is -2.33. The van der Waals surface area contributed by atoms with Crippen molar-refractivity contribution in [2.24, 2.45) is 0 Å². The van der Waals surface area contributed by atoms with E-state index in [0.717, 1.165) is 24.8 Å². The summed E-state index contributed by atoms with van der Waals surface area (Å²) >= 11 is 0.